The Morgan fingerprint density at radius 2 is 1.94 bits per heavy atom. The van der Waals surface area contributed by atoms with Gasteiger partial charge in [-0.05, 0) is 43.9 Å². The van der Waals surface area contributed by atoms with E-state index in [1.165, 1.54) is 24.5 Å². The molecule has 180 valence electrons. The Hall–Kier alpha value is -3.66. The number of nitrogens with zero attached hydrogens (tertiary/aromatic N) is 2. The van der Waals surface area contributed by atoms with Gasteiger partial charge in [0.1, 0.15) is 12.1 Å². The van der Waals surface area contributed by atoms with Crippen LogP contribution in [0.2, 0.25) is 0 Å². The molecule has 3 aromatic rings. The molecule has 1 aliphatic carbocycles. The average molecular weight is 470 g/mol. The van der Waals surface area contributed by atoms with Crippen LogP contribution in [-0.2, 0) is 4.79 Å². The second kappa shape index (κ2) is 10.5. The molecule has 1 aromatic heterocycles. The molecular weight excluding hydrogens is 441 g/mol. The van der Waals surface area contributed by atoms with E-state index < -0.39 is 11.6 Å². The molecule has 34 heavy (non-hydrogen) atoms. The number of likely N-dealkylation sites (N-methyl/N-ethyl adjacent to an activating group) is 1. The number of halogens is 1. The lowest BCUT2D eigenvalue weighted by Gasteiger charge is -2.30. The first-order valence-electron chi connectivity index (χ1n) is 11.2. The number of carbonyl (C=O) groups is 1. The van der Waals surface area contributed by atoms with Crippen LogP contribution in [0.25, 0.3) is 10.9 Å². The van der Waals surface area contributed by atoms with E-state index in [2.05, 4.69) is 25.9 Å². The number of carbonyl (C=O) groups excluding carboxylic acids is 1. The molecule has 4 rings (SSSR count). The Morgan fingerprint density at radius 1 is 1.15 bits per heavy atom. The van der Waals surface area contributed by atoms with Crippen LogP contribution in [0.5, 0.6) is 17.2 Å². The lowest BCUT2D eigenvalue weighted by molar-refractivity contribution is -0.119. The van der Waals surface area contributed by atoms with Gasteiger partial charge in [-0.15, -0.1) is 0 Å². The molecule has 1 aliphatic rings. The molecule has 0 atom stereocenters. The van der Waals surface area contributed by atoms with E-state index >= 15 is 0 Å². The van der Waals surface area contributed by atoms with Crippen molar-refractivity contribution >= 4 is 28.3 Å². The number of methoxy groups -OCH3 is 1. The van der Waals surface area contributed by atoms with Gasteiger partial charge in [0.2, 0.25) is 5.91 Å². The first kappa shape index (κ1) is 23.5. The number of phenolic OH excluding ortho intramolecular Hbond substituents is 1. The van der Waals surface area contributed by atoms with Gasteiger partial charge in [0, 0.05) is 36.3 Å². The van der Waals surface area contributed by atoms with Gasteiger partial charge in [-0.3, -0.25) is 4.79 Å². The van der Waals surface area contributed by atoms with Crippen LogP contribution in [0, 0.1) is 5.82 Å². The number of hydrogen-bond acceptors (Lipinski definition) is 8. The average Bonchev–Trinajstić information content (AvgIpc) is 2.85. The summed E-state index contributed by atoms with van der Waals surface area (Å²) in [7, 11) is 3.20. The highest BCUT2D eigenvalue weighted by Crippen LogP contribution is 2.37. The molecule has 10 heteroatoms. The normalized spacial score (nSPS) is 17.9. The fourth-order valence-corrected chi connectivity index (χ4v) is 4.03. The van der Waals surface area contributed by atoms with Crippen LogP contribution >= 0.6 is 0 Å². The minimum absolute atomic E-state index is 0.0134. The number of ether oxygens (including phenoxy) is 2. The Balaban J connectivity index is 1.50. The molecule has 1 fully saturated rings. The van der Waals surface area contributed by atoms with Crippen molar-refractivity contribution in [2.45, 2.75) is 37.8 Å². The standard InChI is InChI=1S/C24H28FN5O4/c1-26-23(32)12-27-14-3-6-16(7-4-14)34-22-10-17-19(11-21(22)33-2)28-13-29-24(17)30-15-5-8-18(25)20(31)9-15/h5,8-11,13-14,16,27,31H,3-4,6-7,12H2,1-2H3,(H,26,32)(H,28,29,30). The van der Waals surface area contributed by atoms with E-state index in [0.29, 0.717) is 40.5 Å². The molecule has 0 saturated heterocycles. The summed E-state index contributed by atoms with van der Waals surface area (Å²) in [6.07, 6.45) is 4.93. The molecule has 1 saturated carbocycles. The maximum atomic E-state index is 13.4. The van der Waals surface area contributed by atoms with E-state index in [-0.39, 0.29) is 18.1 Å². The van der Waals surface area contributed by atoms with Gasteiger partial charge in [0.15, 0.2) is 23.1 Å². The number of hydrogen-bond donors (Lipinski definition) is 4. The van der Waals surface area contributed by atoms with E-state index in [0.717, 1.165) is 25.7 Å². The second-order valence-electron chi connectivity index (χ2n) is 8.18. The Bertz CT molecular complexity index is 1170. The first-order valence-corrected chi connectivity index (χ1v) is 11.2. The van der Waals surface area contributed by atoms with Crippen molar-refractivity contribution < 1.29 is 23.8 Å². The van der Waals surface area contributed by atoms with Gasteiger partial charge in [-0.2, -0.15) is 0 Å². The van der Waals surface area contributed by atoms with Gasteiger partial charge in [-0.25, -0.2) is 14.4 Å². The number of benzene rings is 2. The largest absolute Gasteiger partial charge is 0.505 e. The molecule has 0 spiro atoms. The minimum Gasteiger partial charge on any atom is -0.505 e. The maximum Gasteiger partial charge on any atom is 0.233 e. The molecule has 0 aliphatic heterocycles. The van der Waals surface area contributed by atoms with Crippen molar-refractivity contribution in [1.82, 2.24) is 20.6 Å². The van der Waals surface area contributed by atoms with Crippen LogP contribution in [0.15, 0.2) is 36.7 Å². The molecular formula is C24H28FN5O4. The minimum atomic E-state index is -0.697. The summed E-state index contributed by atoms with van der Waals surface area (Å²) in [5.74, 6) is 0.465. The third kappa shape index (κ3) is 5.45. The van der Waals surface area contributed by atoms with Crippen LogP contribution in [-0.4, -0.2) is 53.8 Å². The van der Waals surface area contributed by atoms with Gasteiger partial charge in [0.25, 0.3) is 0 Å². The zero-order chi connectivity index (χ0) is 24.1. The van der Waals surface area contributed by atoms with Crippen molar-refractivity contribution in [3.05, 3.63) is 42.5 Å². The predicted molar refractivity (Wildman–Crippen MR) is 126 cm³/mol. The monoisotopic (exact) mass is 469 g/mol. The number of fused-ring (bicyclic) bond motifs is 1. The van der Waals surface area contributed by atoms with Gasteiger partial charge >= 0.3 is 0 Å². The summed E-state index contributed by atoms with van der Waals surface area (Å²) in [6.45, 7) is 0.312. The molecule has 1 heterocycles. The molecule has 1 amide bonds. The van der Waals surface area contributed by atoms with Crippen molar-refractivity contribution in [1.29, 1.82) is 0 Å². The van der Waals surface area contributed by atoms with Crippen LogP contribution in [0.1, 0.15) is 25.7 Å². The summed E-state index contributed by atoms with van der Waals surface area (Å²) in [5, 5.41) is 19.4. The molecule has 4 N–H and O–H groups in total. The van der Waals surface area contributed by atoms with Crippen molar-refractivity contribution in [2.75, 3.05) is 26.0 Å². The quantitative estimate of drug-likeness (QED) is 0.397. The van der Waals surface area contributed by atoms with Crippen LogP contribution in [0.4, 0.5) is 15.9 Å². The summed E-state index contributed by atoms with van der Waals surface area (Å²) in [6, 6.07) is 7.89. The van der Waals surface area contributed by atoms with Gasteiger partial charge in [0.05, 0.1) is 25.3 Å². The number of nitrogens with one attached hydrogen (secondary N) is 3. The SMILES string of the molecule is CNC(=O)CNC1CCC(Oc2cc3c(Nc4ccc(F)c(O)c4)ncnc3cc2OC)CC1. The zero-order valence-corrected chi connectivity index (χ0v) is 19.1. The maximum absolute atomic E-state index is 13.4. The summed E-state index contributed by atoms with van der Waals surface area (Å²) in [5.41, 5.74) is 1.13. The van der Waals surface area contributed by atoms with Gasteiger partial charge < -0.3 is 30.5 Å². The number of aromatic hydroxyl groups is 1. The lowest BCUT2D eigenvalue weighted by Crippen LogP contribution is -2.41. The number of amides is 1. The van der Waals surface area contributed by atoms with E-state index in [1.54, 1.807) is 20.2 Å². The number of phenols is 1. The zero-order valence-electron chi connectivity index (χ0n) is 19.1. The van der Waals surface area contributed by atoms with Crippen LogP contribution < -0.4 is 25.4 Å². The molecule has 2 aromatic carbocycles. The number of anilines is 2. The number of aromatic nitrogens is 2. The molecule has 0 bridgehead atoms. The smallest absolute Gasteiger partial charge is 0.233 e. The Kier molecular flexibility index (Phi) is 7.27. The highest BCUT2D eigenvalue weighted by atomic mass is 19.1. The molecule has 0 unspecified atom stereocenters. The third-order valence-electron chi connectivity index (χ3n) is 5.93. The Labute approximate surface area is 196 Å². The molecule has 0 radical (unpaired) electrons. The fraction of sp³-hybridized carbons (Fsp3) is 0.375. The summed E-state index contributed by atoms with van der Waals surface area (Å²) in [4.78, 5) is 20.1. The molecule has 9 nitrogen and oxygen atoms in total. The highest BCUT2D eigenvalue weighted by Gasteiger charge is 2.24. The Morgan fingerprint density at radius 3 is 2.65 bits per heavy atom. The van der Waals surface area contributed by atoms with Crippen molar-refractivity contribution in [3.8, 4) is 17.2 Å². The topological polar surface area (TPSA) is 118 Å². The van der Waals surface area contributed by atoms with Gasteiger partial charge in [-0.1, -0.05) is 0 Å². The summed E-state index contributed by atoms with van der Waals surface area (Å²) < 4.78 is 25.3. The summed E-state index contributed by atoms with van der Waals surface area (Å²) >= 11 is 0. The highest BCUT2D eigenvalue weighted by molar-refractivity contribution is 5.93. The van der Waals surface area contributed by atoms with E-state index in [1.807, 2.05) is 6.07 Å². The fourth-order valence-electron chi connectivity index (χ4n) is 4.03. The van der Waals surface area contributed by atoms with Crippen LogP contribution in [0.3, 0.4) is 0 Å². The number of rotatable bonds is 8. The first-order chi connectivity index (χ1) is 16.5. The van der Waals surface area contributed by atoms with Crippen molar-refractivity contribution in [2.24, 2.45) is 0 Å². The predicted octanol–water partition coefficient (Wildman–Crippen LogP) is 3.25. The van der Waals surface area contributed by atoms with E-state index in [9.17, 15) is 14.3 Å². The van der Waals surface area contributed by atoms with Crippen molar-refractivity contribution in [3.63, 3.8) is 0 Å². The van der Waals surface area contributed by atoms with E-state index in [4.69, 9.17) is 9.47 Å². The third-order valence-corrected chi connectivity index (χ3v) is 5.93. The second-order valence-corrected chi connectivity index (χ2v) is 8.18. The lowest BCUT2D eigenvalue weighted by atomic mass is 9.93.